The number of hydrogen-bond donors (Lipinski definition) is 1. The highest BCUT2D eigenvalue weighted by atomic mass is 16.7. The van der Waals surface area contributed by atoms with Crippen molar-refractivity contribution < 1.29 is 14.2 Å². The molecule has 0 saturated heterocycles. The molecular formula is C18H29NO3. The highest BCUT2D eigenvalue weighted by Crippen LogP contribution is 2.23. The first-order valence-corrected chi connectivity index (χ1v) is 8.50. The first-order valence-electron chi connectivity index (χ1n) is 8.50. The van der Waals surface area contributed by atoms with Crippen LogP contribution >= 0.6 is 0 Å². The number of anilines is 1. The van der Waals surface area contributed by atoms with Crippen LogP contribution in [0.15, 0.2) is 24.3 Å². The van der Waals surface area contributed by atoms with Crippen molar-refractivity contribution >= 4 is 5.69 Å². The SMILES string of the molecule is CCOCCOC(C)Oc1ccc(NC2CCCCC2)cc1. The normalized spacial score (nSPS) is 17.2. The second-order valence-electron chi connectivity index (χ2n) is 5.76. The zero-order valence-electron chi connectivity index (χ0n) is 13.8. The molecule has 0 amide bonds. The van der Waals surface area contributed by atoms with E-state index < -0.39 is 0 Å². The summed E-state index contributed by atoms with van der Waals surface area (Å²) >= 11 is 0. The summed E-state index contributed by atoms with van der Waals surface area (Å²) in [7, 11) is 0. The van der Waals surface area contributed by atoms with Crippen molar-refractivity contribution in [2.75, 3.05) is 25.1 Å². The number of benzene rings is 1. The predicted octanol–water partition coefficient (Wildman–Crippen LogP) is 4.21. The minimum atomic E-state index is -0.266. The molecule has 4 heteroatoms. The highest BCUT2D eigenvalue weighted by Gasteiger charge is 2.12. The molecule has 124 valence electrons. The van der Waals surface area contributed by atoms with Crippen molar-refractivity contribution in [1.82, 2.24) is 0 Å². The van der Waals surface area contributed by atoms with Gasteiger partial charge in [0.15, 0.2) is 6.29 Å². The molecule has 4 nitrogen and oxygen atoms in total. The van der Waals surface area contributed by atoms with Crippen LogP contribution in [-0.2, 0) is 9.47 Å². The molecule has 1 aliphatic carbocycles. The van der Waals surface area contributed by atoms with E-state index in [2.05, 4.69) is 17.4 Å². The lowest BCUT2D eigenvalue weighted by atomic mass is 9.95. The Morgan fingerprint density at radius 2 is 1.82 bits per heavy atom. The molecule has 1 unspecified atom stereocenters. The van der Waals surface area contributed by atoms with Gasteiger partial charge in [0.05, 0.1) is 13.2 Å². The molecule has 1 aromatic carbocycles. The molecule has 22 heavy (non-hydrogen) atoms. The lowest BCUT2D eigenvalue weighted by Gasteiger charge is -2.24. The zero-order chi connectivity index (χ0) is 15.6. The maximum Gasteiger partial charge on any atom is 0.197 e. The molecule has 1 aliphatic rings. The van der Waals surface area contributed by atoms with Crippen LogP contribution in [0.5, 0.6) is 5.75 Å². The van der Waals surface area contributed by atoms with Crippen LogP contribution in [0.1, 0.15) is 46.0 Å². The van der Waals surface area contributed by atoms with Crippen molar-refractivity contribution in [3.05, 3.63) is 24.3 Å². The zero-order valence-corrected chi connectivity index (χ0v) is 13.8. The van der Waals surface area contributed by atoms with Gasteiger partial charge in [0.1, 0.15) is 5.75 Å². The lowest BCUT2D eigenvalue weighted by molar-refractivity contribution is -0.0825. The molecular weight excluding hydrogens is 278 g/mol. The number of rotatable bonds is 9. The molecule has 1 saturated carbocycles. The van der Waals surface area contributed by atoms with Gasteiger partial charge in [-0.05, 0) is 51.0 Å². The van der Waals surface area contributed by atoms with Gasteiger partial charge in [-0.3, -0.25) is 0 Å². The van der Waals surface area contributed by atoms with Crippen LogP contribution in [-0.4, -0.2) is 32.2 Å². The molecule has 1 aromatic rings. The summed E-state index contributed by atoms with van der Waals surface area (Å²) < 4.78 is 16.5. The van der Waals surface area contributed by atoms with Crippen LogP contribution < -0.4 is 10.1 Å². The van der Waals surface area contributed by atoms with Gasteiger partial charge in [0.2, 0.25) is 0 Å². The minimum Gasteiger partial charge on any atom is -0.465 e. The van der Waals surface area contributed by atoms with Gasteiger partial charge in [-0.25, -0.2) is 0 Å². The lowest BCUT2D eigenvalue weighted by Crippen LogP contribution is -2.22. The van der Waals surface area contributed by atoms with Crippen LogP contribution in [0.4, 0.5) is 5.69 Å². The second kappa shape index (κ2) is 9.70. The quantitative estimate of drug-likeness (QED) is 0.548. The van der Waals surface area contributed by atoms with E-state index in [9.17, 15) is 0 Å². The molecule has 1 atom stereocenters. The molecule has 0 aromatic heterocycles. The van der Waals surface area contributed by atoms with Crippen LogP contribution in [0.2, 0.25) is 0 Å². The Morgan fingerprint density at radius 3 is 2.50 bits per heavy atom. The fraction of sp³-hybridized carbons (Fsp3) is 0.667. The molecule has 0 heterocycles. The van der Waals surface area contributed by atoms with Crippen molar-refractivity contribution in [3.8, 4) is 5.75 Å². The third-order valence-electron chi connectivity index (χ3n) is 3.92. The minimum absolute atomic E-state index is 0.266. The van der Waals surface area contributed by atoms with E-state index in [1.165, 1.54) is 37.8 Å². The smallest absolute Gasteiger partial charge is 0.197 e. The monoisotopic (exact) mass is 307 g/mol. The molecule has 0 aliphatic heterocycles. The topological polar surface area (TPSA) is 39.7 Å². The Kier molecular flexibility index (Phi) is 7.54. The number of nitrogens with one attached hydrogen (secondary N) is 1. The predicted molar refractivity (Wildman–Crippen MR) is 89.5 cm³/mol. The maximum atomic E-state index is 5.73. The second-order valence-corrected chi connectivity index (χ2v) is 5.76. The third kappa shape index (κ3) is 6.24. The number of hydrogen-bond acceptors (Lipinski definition) is 4. The van der Waals surface area contributed by atoms with E-state index in [0.29, 0.717) is 25.9 Å². The van der Waals surface area contributed by atoms with Crippen LogP contribution in [0, 0.1) is 0 Å². The van der Waals surface area contributed by atoms with E-state index in [-0.39, 0.29) is 6.29 Å². The third-order valence-corrected chi connectivity index (χ3v) is 3.92. The first-order chi connectivity index (χ1) is 10.8. The first kappa shape index (κ1) is 17.1. The van der Waals surface area contributed by atoms with Gasteiger partial charge in [-0.15, -0.1) is 0 Å². The highest BCUT2D eigenvalue weighted by molar-refractivity contribution is 5.47. The van der Waals surface area contributed by atoms with E-state index >= 15 is 0 Å². The Morgan fingerprint density at radius 1 is 1.09 bits per heavy atom. The van der Waals surface area contributed by atoms with Gasteiger partial charge in [0, 0.05) is 18.3 Å². The van der Waals surface area contributed by atoms with Gasteiger partial charge in [-0.2, -0.15) is 0 Å². The summed E-state index contributed by atoms with van der Waals surface area (Å²) in [6.07, 6.45) is 6.36. The van der Waals surface area contributed by atoms with Crippen LogP contribution in [0.3, 0.4) is 0 Å². The standard InChI is InChI=1S/C18H29NO3/c1-3-20-13-14-21-15(2)22-18-11-9-17(10-12-18)19-16-7-5-4-6-8-16/h9-12,15-16,19H,3-8,13-14H2,1-2H3. The van der Waals surface area contributed by atoms with Crippen molar-refractivity contribution in [3.63, 3.8) is 0 Å². The Labute approximate surface area is 134 Å². The average molecular weight is 307 g/mol. The largest absolute Gasteiger partial charge is 0.465 e. The summed E-state index contributed by atoms with van der Waals surface area (Å²) in [6.45, 7) is 5.75. The fourth-order valence-electron chi connectivity index (χ4n) is 2.76. The van der Waals surface area contributed by atoms with E-state index in [4.69, 9.17) is 14.2 Å². The summed E-state index contributed by atoms with van der Waals surface area (Å²) in [4.78, 5) is 0. The van der Waals surface area contributed by atoms with E-state index in [0.717, 1.165) is 5.75 Å². The molecule has 1 N–H and O–H groups in total. The van der Waals surface area contributed by atoms with Crippen molar-refractivity contribution in [2.24, 2.45) is 0 Å². The van der Waals surface area contributed by atoms with Crippen LogP contribution in [0.25, 0.3) is 0 Å². The molecule has 0 spiro atoms. The molecule has 2 rings (SSSR count). The van der Waals surface area contributed by atoms with Crippen molar-refractivity contribution in [2.45, 2.75) is 58.3 Å². The Hall–Kier alpha value is -1.26. The van der Waals surface area contributed by atoms with Gasteiger partial charge < -0.3 is 19.5 Å². The fourth-order valence-corrected chi connectivity index (χ4v) is 2.76. The molecule has 1 fully saturated rings. The Balaban J connectivity index is 1.71. The van der Waals surface area contributed by atoms with Crippen molar-refractivity contribution in [1.29, 1.82) is 0 Å². The number of ether oxygens (including phenoxy) is 3. The van der Waals surface area contributed by atoms with Gasteiger partial charge in [0.25, 0.3) is 0 Å². The maximum absolute atomic E-state index is 5.73. The summed E-state index contributed by atoms with van der Waals surface area (Å²) in [5.41, 5.74) is 1.17. The van der Waals surface area contributed by atoms with E-state index in [1.807, 2.05) is 26.0 Å². The molecule has 0 bridgehead atoms. The van der Waals surface area contributed by atoms with Gasteiger partial charge >= 0.3 is 0 Å². The van der Waals surface area contributed by atoms with Gasteiger partial charge in [-0.1, -0.05) is 19.3 Å². The molecule has 0 radical (unpaired) electrons. The Bertz CT molecular complexity index is 401. The summed E-state index contributed by atoms with van der Waals surface area (Å²) in [5.74, 6) is 0.832. The average Bonchev–Trinajstić information content (AvgIpc) is 2.54. The summed E-state index contributed by atoms with van der Waals surface area (Å²) in [5, 5.41) is 3.61. The van der Waals surface area contributed by atoms with E-state index in [1.54, 1.807) is 0 Å². The summed E-state index contributed by atoms with van der Waals surface area (Å²) in [6, 6.07) is 8.77.